The van der Waals surface area contributed by atoms with E-state index >= 15 is 0 Å². The molecule has 0 amide bonds. The number of rotatable bonds is 6. The van der Waals surface area contributed by atoms with E-state index in [0.29, 0.717) is 24.1 Å². The van der Waals surface area contributed by atoms with Crippen LogP contribution in [0.15, 0.2) is 12.4 Å². The van der Waals surface area contributed by atoms with Crippen molar-refractivity contribution in [2.75, 3.05) is 11.9 Å². The Labute approximate surface area is 122 Å². The molecule has 1 saturated carbocycles. The van der Waals surface area contributed by atoms with E-state index in [1.165, 1.54) is 0 Å². The minimum absolute atomic E-state index is 0.175. The summed E-state index contributed by atoms with van der Waals surface area (Å²) in [5.74, 6) is 0.599. The van der Waals surface area contributed by atoms with Crippen LogP contribution in [0.25, 0.3) is 0 Å². The molecule has 1 aliphatic carbocycles. The van der Waals surface area contributed by atoms with E-state index in [4.69, 9.17) is 4.74 Å². The summed E-state index contributed by atoms with van der Waals surface area (Å²) in [4.78, 5) is 0. The van der Waals surface area contributed by atoms with Crippen molar-refractivity contribution < 1.29 is 4.74 Å². The third kappa shape index (κ3) is 3.17. The molecule has 0 radical (unpaired) electrons. The van der Waals surface area contributed by atoms with Crippen LogP contribution in [0.3, 0.4) is 0 Å². The molecule has 1 aliphatic rings. The molecule has 1 N–H and O–H groups in total. The molecule has 2 unspecified atom stereocenters. The molecule has 4 nitrogen and oxygen atoms in total. The van der Waals surface area contributed by atoms with E-state index in [1.54, 1.807) is 0 Å². The van der Waals surface area contributed by atoms with Crippen molar-refractivity contribution in [3.63, 3.8) is 0 Å². The summed E-state index contributed by atoms with van der Waals surface area (Å²) in [6, 6.07) is 0.867. The molecule has 1 aromatic rings. The SMILES string of the molecule is CC(C)COC1CC(Nc2cnn(C(C)C)c2)C1(C)C. The van der Waals surface area contributed by atoms with Crippen LogP contribution in [0.4, 0.5) is 5.69 Å². The standard InChI is InChI=1S/C16H29N3O/c1-11(2)10-20-15-7-14(16(15,5)6)18-13-8-17-19(9-13)12(3)4/h8-9,11-12,14-15,18H,7,10H2,1-6H3. The molecule has 0 aromatic carbocycles. The summed E-state index contributed by atoms with van der Waals surface area (Å²) in [5.41, 5.74) is 1.29. The van der Waals surface area contributed by atoms with Gasteiger partial charge in [-0.3, -0.25) is 4.68 Å². The van der Waals surface area contributed by atoms with E-state index in [-0.39, 0.29) is 5.41 Å². The lowest BCUT2D eigenvalue weighted by atomic mass is 9.64. The van der Waals surface area contributed by atoms with Crippen LogP contribution in [0.2, 0.25) is 0 Å². The summed E-state index contributed by atoms with van der Waals surface area (Å²) < 4.78 is 7.99. The van der Waals surface area contributed by atoms with Gasteiger partial charge in [-0.2, -0.15) is 5.10 Å². The van der Waals surface area contributed by atoms with Crippen LogP contribution in [0, 0.1) is 11.3 Å². The molecule has 1 aromatic heterocycles. The molecular weight excluding hydrogens is 250 g/mol. The van der Waals surface area contributed by atoms with Crippen molar-refractivity contribution in [2.24, 2.45) is 11.3 Å². The fourth-order valence-electron chi connectivity index (χ4n) is 2.62. The molecular formula is C16H29N3O. The normalized spacial score (nSPS) is 25.0. The average Bonchev–Trinajstić information content (AvgIpc) is 2.81. The highest BCUT2D eigenvalue weighted by Gasteiger charge is 2.49. The Kier molecular flexibility index (Phi) is 4.43. The van der Waals surface area contributed by atoms with Gasteiger partial charge in [0.25, 0.3) is 0 Å². The summed E-state index contributed by atoms with van der Waals surface area (Å²) in [5, 5.41) is 7.97. The van der Waals surface area contributed by atoms with Crippen LogP contribution in [-0.2, 0) is 4.74 Å². The third-order valence-corrected chi connectivity index (χ3v) is 4.28. The first-order valence-corrected chi connectivity index (χ1v) is 7.73. The van der Waals surface area contributed by atoms with Gasteiger partial charge in [0.15, 0.2) is 0 Å². The quantitative estimate of drug-likeness (QED) is 0.862. The molecule has 2 rings (SSSR count). The van der Waals surface area contributed by atoms with Crippen LogP contribution in [0.5, 0.6) is 0 Å². The minimum atomic E-state index is 0.175. The van der Waals surface area contributed by atoms with Crippen molar-refractivity contribution in [3.8, 4) is 0 Å². The van der Waals surface area contributed by atoms with Gasteiger partial charge < -0.3 is 10.1 Å². The minimum Gasteiger partial charge on any atom is -0.379 e. The van der Waals surface area contributed by atoms with E-state index in [9.17, 15) is 0 Å². The molecule has 4 heteroatoms. The van der Waals surface area contributed by atoms with Gasteiger partial charge in [0.1, 0.15) is 0 Å². The summed E-state index contributed by atoms with van der Waals surface area (Å²) in [7, 11) is 0. The summed E-state index contributed by atoms with van der Waals surface area (Å²) in [6.07, 6.45) is 5.44. The number of aromatic nitrogens is 2. The maximum atomic E-state index is 6.01. The first-order valence-electron chi connectivity index (χ1n) is 7.73. The Morgan fingerprint density at radius 1 is 1.40 bits per heavy atom. The first kappa shape index (κ1) is 15.4. The predicted octanol–water partition coefficient (Wildman–Crippen LogP) is 3.72. The molecule has 0 spiro atoms. The number of nitrogens with zero attached hydrogens (tertiary/aromatic N) is 2. The molecule has 0 saturated heterocycles. The number of hydrogen-bond acceptors (Lipinski definition) is 3. The van der Waals surface area contributed by atoms with Gasteiger partial charge in [0.05, 0.1) is 18.0 Å². The number of nitrogens with one attached hydrogen (secondary N) is 1. The molecule has 1 fully saturated rings. The lowest BCUT2D eigenvalue weighted by Crippen LogP contribution is -2.58. The third-order valence-electron chi connectivity index (χ3n) is 4.28. The summed E-state index contributed by atoms with van der Waals surface area (Å²) >= 11 is 0. The van der Waals surface area contributed by atoms with E-state index in [0.717, 1.165) is 18.7 Å². The average molecular weight is 279 g/mol. The zero-order valence-corrected chi connectivity index (χ0v) is 13.7. The second-order valence-corrected chi connectivity index (χ2v) is 7.27. The van der Waals surface area contributed by atoms with Crippen molar-refractivity contribution in [3.05, 3.63) is 12.4 Å². The molecule has 114 valence electrons. The number of ether oxygens (including phenoxy) is 1. The Hall–Kier alpha value is -1.03. The largest absolute Gasteiger partial charge is 0.379 e. The van der Waals surface area contributed by atoms with Crippen LogP contribution in [-0.4, -0.2) is 28.5 Å². The lowest BCUT2D eigenvalue weighted by molar-refractivity contribution is -0.108. The Balaban J connectivity index is 1.88. The van der Waals surface area contributed by atoms with Gasteiger partial charge in [-0.05, 0) is 26.2 Å². The fraction of sp³-hybridized carbons (Fsp3) is 0.812. The monoisotopic (exact) mass is 279 g/mol. The molecule has 1 heterocycles. The zero-order chi connectivity index (χ0) is 14.9. The van der Waals surface area contributed by atoms with Gasteiger partial charge >= 0.3 is 0 Å². The highest BCUT2D eigenvalue weighted by Crippen LogP contribution is 2.44. The Bertz CT molecular complexity index is 437. The van der Waals surface area contributed by atoms with Gasteiger partial charge in [-0.25, -0.2) is 0 Å². The smallest absolute Gasteiger partial charge is 0.0728 e. The predicted molar refractivity (Wildman–Crippen MR) is 83.0 cm³/mol. The van der Waals surface area contributed by atoms with Crippen molar-refractivity contribution in [1.29, 1.82) is 0 Å². The Morgan fingerprint density at radius 2 is 2.10 bits per heavy atom. The Morgan fingerprint density at radius 3 is 2.60 bits per heavy atom. The van der Waals surface area contributed by atoms with Gasteiger partial charge in [0, 0.05) is 30.3 Å². The van der Waals surface area contributed by atoms with Gasteiger partial charge in [-0.15, -0.1) is 0 Å². The molecule has 0 bridgehead atoms. The second-order valence-electron chi connectivity index (χ2n) is 7.27. The zero-order valence-electron chi connectivity index (χ0n) is 13.7. The molecule has 2 atom stereocenters. The van der Waals surface area contributed by atoms with Crippen LogP contribution >= 0.6 is 0 Å². The van der Waals surface area contributed by atoms with Crippen molar-refractivity contribution in [2.45, 2.75) is 66.2 Å². The number of anilines is 1. The van der Waals surface area contributed by atoms with Crippen LogP contribution < -0.4 is 5.32 Å². The maximum Gasteiger partial charge on any atom is 0.0728 e. The van der Waals surface area contributed by atoms with Gasteiger partial charge in [0.2, 0.25) is 0 Å². The van der Waals surface area contributed by atoms with E-state index in [2.05, 4.69) is 58.2 Å². The topological polar surface area (TPSA) is 39.1 Å². The fourth-order valence-corrected chi connectivity index (χ4v) is 2.62. The lowest BCUT2D eigenvalue weighted by Gasteiger charge is -2.52. The second kappa shape index (κ2) is 5.76. The summed E-state index contributed by atoms with van der Waals surface area (Å²) in [6.45, 7) is 14.1. The van der Waals surface area contributed by atoms with Crippen molar-refractivity contribution in [1.82, 2.24) is 9.78 Å². The van der Waals surface area contributed by atoms with E-state index in [1.807, 2.05) is 10.9 Å². The van der Waals surface area contributed by atoms with Crippen LogP contribution in [0.1, 0.15) is 54.0 Å². The number of hydrogen-bond donors (Lipinski definition) is 1. The van der Waals surface area contributed by atoms with Gasteiger partial charge in [-0.1, -0.05) is 27.7 Å². The molecule has 20 heavy (non-hydrogen) atoms. The van der Waals surface area contributed by atoms with E-state index < -0.39 is 0 Å². The van der Waals surface area contributed by atoms with Crippen molar-refractivity contribution >= 4 is 5.69 Å². The maximum absolute atomic E-state index is 6.01. The highest BCUT2D eigenvalue weighted by atomic mass is 16.5. The molecule has 0 aliphatic heterocycles. The first-order chi connectivity index (χ1) is 9.30. The highest BCUT2D eigenvalue weighted by molar-refractivity contribution is 5.41.